The van der Waals surface area contributed by atoms with E-state index in [9.17, 15) is 70.9 Å². The van der Waals surface area contributed by atoms with Crippen LogP contribution in [0.5, 0.6) is 69.0 Å². The Labute approximate surface area is 743 Å². The number of hydrogen-bond donors (Lipinski definition) is 23. The summed E-state index contributed by atoms with van der Waals surface area (Å²) in [7, 11) is 1.44. The van der Waals surface area contributed by atoms with Gasteiger partial charge in [-0.15, -0.1) is 0 Å². The van der Waals surface area contributed by atoms with Gasteiger partial charge in [0.05, 0.1) is 23.3 Å². The normalized spacial score (nSPS) is 25.8. The average Bonchev–Trinajstić information content (AvgIpc) is 0.756. The highest BCUT2D eigenvalue weighted by Crippen LogP contribution is 2.51. The molecule has 0 saturated carbocycles. The molecular weight excluding hydrogens is 1710 g/mol. The number of fused-ring (bicyclic) bond motifs is 14. The van der Waals surface area contributed by atoms with Gasteiger partial charge in [-0.25, -0.2) is 0 Å². The maximum atomic E-state index is 16.8. The fourth-order valence-corrected chi connectivity index (χ4v) is 16.4. The molecule has 15 rings (SSSR count). The van der Waals surface area contributed by atoms with E-state index in [-0.39, 0.29) is 59.9 Å². The molecule has 686 valence electrons. The fraction of sp³-hybridized carbons (Fsp3) is 0.432. The van der Waals surface area contributed by atoms with E-state index in [1.807, 2.05) is 0 Å². The Bertz CT molecular complexity index is 5230. The number of rotatable bonds is 25. The number of phenols is 4. The Morgan fingerprint density at radius 3 is 1.85 bits per heavy atom. The van der Waals surface area contributed by atoms with Crippen LogP contribution >= 0.6 is 23.2 Å². The lowest BCUT2D eigenvalue weighted by atomic mass is 9.89. The van der Waals surface area contributed by atoms with Crippen LogP contribution < -0.4 is 82.6 Å². The molecule has 0 radical (unpaired) electrons. The lowest BCUT2D eigenvalue weighted by molar-refractivity contribution is -0.277. The number of benzene rings is 7. The van der Waals surface area contributed by atoms with E-state index in [1.165, 1.54) is 61.6 Å². The fourth-order valence-electron chi connectivity index (χ4n) is 16.0. The van der Waals surface area contributed by atoms with E-state index in [0.29, 0.717) is 44.5 Å². The second kappa shape index (κ2) is 42.2. The van der Waals surface area contributed by atoms with Crippen molar-refractivity contribution in [3.63, 3.8) is 0 Å². The second-order valence-electron chi connectivity index (χ2n) is 31.9. The summed E-state index contributed by atoms with van der Waals surface area (Å²) in [6.45, 7) is 1.31. The molecule has 8 aliphatic rings. The monoisotopic (exact) mass is 1820 g/mol. The summed E-state index contributed by atoms with van der Waals surface area (Å²) >= 11 is 14.3. The Hall–Kier alpha value is -11.4. The standard InChI is InChI=1S/C88H103Cl2N11O27/c1-3-4-5-6-7-8-9-10-13-63(108)96-72-76(112)74(110)61(38-102)126-87(72)128-79-59-32-44-33-60(79)124-56-23-18-43(30-51(56)89)73(109)71-86(121)100-69(81(116)94-27-12-26-93-25-11-24-91)49-34-45(104)35-58(125-88-78(114)77(113)75(111)62(39-103)127-88)64(49)48-29-41(16-21-53(48)105)67(83(118)101-71)97-84(119)68(44)98-85(120)70-50-36-47(37-55(107)65(50)90)123-57-31-42(17-22-54(57)106)66(92-2)82(117)95-52(80(115)99-70)28-40-14-19-46(122-59)20-15-40/h14-23,29-37,52,61-62,66-78,87-88,92-93,102-107,109-114H,3-13,24-28,38-39,91H2,1-2H3,(H,94,116)(H,95,117)(H,96,108)(H,97,119)(H,98,120)(H,99,115)(H,100,121)(H,101,118)/t52-,61-,62-,66+,67-,68-,69-,70+,71+,72-,73-,74-,75-,76-,77+,78+,87+,88+/m1/s1. The minimum atomic E-state index is -2.41. The zero-order valence-electron chi connectivity index (χ0n) is 69.4. The van der Waals surface area contributed by atoms with E-state index < -0.39 is 260 Å². The minimum Gasteiger partial charge on any atom is -0.508 e. The maximum Gasteiger partial charge on any atom is 0.248 e. The van der Waals surface area contributed by atoms with Gasteiger partial charge in [-0.1, -0.05) is 105 Å². The maximum absolute atomic E-state index is 16.8. The molecule has 40 heteroatoms. The first-order chi connectivity index (χ1) is 61.5. The molecule has 38 nitrogen and oxygen atoms in total. The van der Waals surface area contributed by atoms with Crippen molar-refractivity contribution in [1.29, 1.82) is 0 Å². The minimum absolute atomic E-state index is 0.0755. The van der Waals surface area contributed by atoms with Crippen molar-refractivity contribution in [1.82, 2.24) is 53.2 Å². The van der Waals surface area contributed by atoms with Gasteiger partial charge in [0.25, 0.3) is 0 Å². The number of unbranched alkanes of at least 4 members (excludes halogenated alkanes) is 7. The third-order valence-corrected chi connectivity index (χ3v) is 23.6. The van der Waals surface area contributed by atoms with E-state index in [4.69, 9.17) is 62.1 Å². The van der Waals surface area contributed by atoms with Crippen molar-refractivity contribution in [3.8, 4) is 80.1 Å². The lowest BCUT2D eigenvalue weighted by Crippen LogP contribution is -2.65. The molecule has 128 heavy (non-hydrogen) atoms. The van der Waals surface area contributed by atoms with Gasteiger partial charge in [0, 0.05) is 48.2 Å². The van der Waals surface area contributed by atoms with Crippen LogP contribution in [0.25, 0.3) is 11.1 Å². The Kier molecular flexibility index (Phi) is 31.1. The van der Waals surface area contributed by atoms with Crippen molar-refractivity contribution in [2.75, 3.05) is 46.4 Å². The molecule has 24 N–H and O–H groups in total. The second-order valence-corrected chi connectivity index (χ2v) is 32.7. The van der Waals surface area contributed by atoms with Gasteiger partial charge in [0.1, 0.15) is 137 Å². The predicted octanol–water partition coefficient (Wildman–Crippen LogP) is 3.21. The Morgan fingerprint density at radius 1 is 0.523 bits per heavy atom. The number of carbonyl (C=O) groups is 8. The molecule has 8 amide bonds. The number of phenolic OH excluding ortho intramolecular Hbond substituents is 4. The summed E-state index contributed by atoms with van der Waals surface area (Å²) in [4.78, 5) is 125. The average molecular weight is 1820 g/mol. The molecule has 7 aromatic rings. The van der Waals surface area contributed by atoms with Crippen LogP contribution in [0.3, 0.4) is 0 Å². The quantitative estimate of drug-likeness (QED) is 0.0365. The van der Waals surface area contributed by atoms with Crippen molar-refractivity contribution in [2.24, 2.45) is 5.73 Å². The molecule has 8 heterocycles. The van der Waals surface area contributed by atoms with Crippen LogP contribution in [0.1, 0.15) is 153 Å². The van der Waals surface area contributed by atoms with Crippen molar-refractivity contribution in [2.45, 2.75) is 194 Å². The summed E-state index contributed by atoms with van der Waals surface area (Å²) < 4.78 is 45.0. The highest BCUT2D eigenvalue weighted by Gasteiger charge is 2.50. The van der Waals surface area contributed by atoms with Crippen molar-refractivity contribution < 1.29 is 133 Å². The van der Waals surface area contributed by atoms with Gasteiger partial charge >= 0.3 is 0 Å². The Balaban J connectivity index is 1.04. The first-order valence-corrected chi connectivity index (χ1v) is 42.8. The smallest absolute Gasteiger partial charge is 0.248 e. The SMILES string of the molecule is CCCCCCCCCCC(=O)N[C@H]1[C@H](Oc2c3cc4cc2Oc2ccc(cc2Cl)[C@@H](O)[C@@H]2NC(=O)[C@H](NC(=O)[C@@H]4NC(=O)[C@H]4NC(=O)[C@@H](Cc5ccc(cc5)O3)NC(=O)[C@@H](NC)c3ccc(O)c(c3)Oc3cc(O)c(Cl)c4c3)c3ccc(O)c(c3)-c3c(O[C@H]4O[C@H](CO)[C@@H](O)[C@H](O)[C@@H]4O)cc(O)cc3[C@H](C(=O)NCCCNCCCN)NC2=O)O[C@H](CO)[C@@H](O)[C@@H]1O. The van der Waals surface area contributed by atoms with Crippen LogP contribution in [-0.2, 0) is 54.3 Å². The molecular formula is C88H103Cl2N11O27. The molecule has 18 atom stereocenters. The van der Waals surface area contributed by atoms with Gasteiger partial charge < -0.3 is 153 Å². The van der Waals surface area contributed by atoms with Gasteiger partial charge in [0.15, 0.2) is 23.0 Å². The summed E-state index contributed by atoms with van der Waals surface area (Å²) in [5, 5.41) is 165. The third kappa shape index (κ3) is 21.4. The summed E-state index contributed by atoms with van der Waals surface area (Å²) in [5.74, 6) is -15.5. The Morgan fingerprint density at radius 2 is 1.15 bits per heavy atom. The molecule has 0 unspecified atom stereocenters. The number of aliphatic hydroxyl groups is 8. The van der Waals surface area contributed by atoms with Crippen LogP contribution in [0, 0.1) is 0 Å². The first-order valence-electron chi connectivity index (χ1n) is 42.1. The topological polar surface area (TPSA) is 590 Å². The van der Waals surface area contributed by atoms with E-state index in [0.717, 1.165) is 99.2 Å². The highest BCUT2D eigenvalue weighted by atomic mass is 35.5. The van der Waals surface area contributed by atoms with Crippen LogP contribution in [0.4, 0.5) is 0 Å². The zero-order chi connectivity index (χ0) is 91.5. The van der Waals surface area contributed by atoms with E-state index in [2.05, 4.69) is 60.1 Å². The number of carbonyl (C=O) groups excluding carboxylic acids is 8. The highest BCUT2D eigenvalue weighted by molar-refractivity contribution is 6.33. The number of likely N-dealkylation sites (N-methyl/N-ethyl adjacent to an activating group) is 1. The van der Waals surface area contributed by atoms with Gasteiger partial charge in [-0.2, -0.15) is 0 Å². The number of halogens is 2. The molecule has 2 fully saturated rings. The molecule has 7 aromatic carbocycles. The zero-order valence-corrected chi connectivity index (χ0v) is 70.9. The van der Waals surface area contributed by atoms with E-state index in [1.54, 1.807) is 0 Å². The van der Waals surface area contributed by atoms with Crippen molar-refractivity contribution in [3.05, 3.63) is 164 Å². The molecule has 0 spiro atoms. The van der Waals surface area contributed by atoms with Gasteiger partial charge in [-0.05, 0) is 152 Å². The molecule has 0 aromatic heterocycles. The lowest BCUT2D eigenvalue weighted by Gasteiger charge is -2.42. The number of aliphatic hydroxyl groups excluding tert-OH is 8. The summed E-state index contributed by atoms with van der Waals surface area (Å²) in [6, 6.07) is 6.50. The number of nitrogens with one attached hydrogen (secondary N) is 10. The van der Waals surface area contributed by atoms with Crippen LogP contribution in [0.2, 0.25) is 10.0 Å². The largest absolute Gasteiger partial charge is 0.508 e. The van der Waals surface area contributed by atoms with Crippen molar-refractivity contribution >= 4 is 70.5 Å². The van der Waals surface area contributed by atoms with Crippen LogP contribution in [0.15, 0.2) is 115 Å². The van der Waals surface area contributed by atoms with Gasteiger partial charge in [0.2, 0.25) is 65.6 Å². The number of amides is 8. The van der Waals surface area contributed by atoms with Gasteiger partial charge in [-0.3, -0.25) is 38.4 Å². The van der Waals surface area contributed by atoms with E-state index >= 15 is 28.8 Å². The number of nitrogens with two attached hydrogens (primary N) is 1. The number of aromatic hydroxyl groups is 4. The summed E-state index contributed by atoms with van der Waals surface area (Å²) in [5.41, 5.74) is 3.22. The predicted molar refractivity (Wildman–Crippen MR) is 455 cm³/mol. The molecule has 0 aliphatic carbocycles. The number of ether oxygens (including phenoxy) is 7. The molecule has 2 saturated heterocycles. The van der Waals surface area contributed by atoms with Crippen LogP contribution in [-0.4, -0.2) is 228 Å². The first kappa shape index (κ1) is 94.2. The third-order valence-electron chi connectivity index (χ3n) is 22.9. The number of hydrogen-bond acceptors (Lipinski definition) is 30. The summed E-state index contributed by atoms with van der Waals surface area (Å²) in [6.07, 6.45) is -12.2. The molecule has 17 bridgehead atoms. The molecule has 8 aliphatic heterocycles.